The third kappa shape index (κ3) is 2.75. The minimum Gasteiger partial charge on any atom is -0.263 e. The van der Waals surface area contributed by atoms with Gasteiger partial charge in [-0.15, -0.1) is 0 Å². The fourth-order valence-electron chi connectivity index (χ4n) is 1.62. The molecule has 20 heavy (non-hydrogen) atoms. The Morgan fingerprint density at radius 2 is 2.10 bits per heavy atom. The van der Waals surface area contributed by atoms with E-state index in [-0.39, 0.29) is 5.82 Å². The number of rotatable bonds is 3. The van der Waals surface area contributed by atoms with E-state index in [2.05, 4.69) is 9.71 Å². The van der Waals surface area contributed by atoms with Crippen LogP contribution in [0.25, 0.3) is 0 Å². The maximum absolute atomic E-state index is 13.5. The number of nitriles is 1. The third-order valence-electron chi connectivity index (χ3n) is 2.53. The molecule has 1 N–H and O–H groups in total. The number of pyridine rings is 1. The highest BCUT2D eigenvalue weighted by Crippen LogP contribution is 2.20. The van der Waals surface area contributed by atoms with E-state index in [1.54, 1.807) is 19.1 Å². The van der Waals surface area contributed by atoms with E-state index in [1.807, 2.05) is 0 Å². The number of aryl methyl sites for hydroxylation is 1. The van der Waals surface area contributed by atoms with E-state index in [0.717, 1.165) is 11.6 Å². The minimum atomic E-state index is -4.07. The van der Waals surface area contributed by atoms with Gasteiger partial charge in [0.25, 0.3) is 10.0 Å². The molecule has 0 spiro atoms. The van der Waals surface area contributed by atoms with Crippen LogP contribution >= 0.6 is 0 Å². The van der Waals surface area contributed by atoms with Crippen molar-refractivity contribution >= 4 is 15.8 Å². The molecule has 0 unspecified atom stereocenters. The number of anilines is 1. The Morgan fingerprint density at radius 1 is 1.35 bits per heavy atom. The van der Waals surface area contributed by atoms with Gasteiger partial charge in [-0.25, -0.2) is 17.8 Å². The fourth-order valence-corrected chi connectivity index (χ4v) is 2.79. The molecule has 102 valence electrons. The molecule has 0 radical (unpaired) electrons. The summed E-state index contributed by atoms with van der Waals surface area (Å²) in [4.78, 5) is 3.45. The van der Waals surface area contributed by atoms with Gasteiger partial charge in [-0.3, -0.25) is 4.72 Å². The maximum atomic E-state index is 13.5. The highest BCUT2D eigenvalue weighted by molar-refractivity contribution is 7.92. The van der Waals surface area contributed by atoms with E-state index in [0.29, 0.717) is 0 Å². The second-order valence-electron chi connectivity index (χ2n) is 4.05. The summed E-state index contributed by atoms with van der Waals surface area (Å²) in [6.07, 6.45) is 1.45. The van der Waals surface area contributed by atoms with Crippen molar-refractivity contribution in [3.8, 4) is 6.07 Å². The fraction of sp³-hybridized carbons (Fsp3) is 0.0769. The largest absolute Gasteiger partial charge is 0.264 e. The first-order chi connectivity index (χ1) is 9.44. The minimum absolute atomic E-state index is 0.109. The summed E-state index contributed by atoms with van der Waals surface area (Å²) in [5.41, 5.74) is 0.296. The SMILES string of the molecule is Cc1ccnc(NS(=O)(=O)c2cccc(F)c2C#N)c1. The summed E-state index contributed by atoms with van der Waals surface area (Å²) in [5, 5.41) is 8.87. The molecule has 7 heteroatoms. The summed E-state index contributed by atoms with van der Waals surface area (Å²) < 4.78 is 40.0. The van der Waals surface area contributed by atoms with Crippen LogP contribution in [-0.4, -0.2) is 13.4 Å². The first-order valence-corrected chi connectivity index (χ1v) is 7.06. The van der Waals surface area contributed by atoms with Crippen molar-refractivity contribution in [1.29, 1.82) is 5.26 Å². The van der Waals surface area contributed by atoms with Gasteiger partial charge in [0.05, 0.1) is 0 Å². The molecular weight excluding hydrogens is 281 g/mol. The van der Waals surface area contributed by atoms with E-state index in [4.69, 9.17) is 5.26 Å². The highest BCUT2D eigenvalue weighted by Gasteiger charge is 2.21. The lowest BCUT2D eigenvalue weighted by atomic mass is 10.2. The van der Waals surface area contributed by atoms with Crippen LogP contribution in [0.1, 0.15) is 11.1 Å². The zero-order chi connectivity index (χ0) is 14.8. The van der Waals surface area contributed by atoms with E-state index >= 15 is 0 Å². The quantitative estimate of drug-likeness (QED) is 0.939. The van der Waals surface area contributed by atoms with Crippen molar-refractivity contribution in [2.45, 2.75) is 11.8 Å². The normalized spacial score (nSPS) is 10.8. The van der Waals surface area contributed by atoms with E-state index < -0.39 is 26.3 Å². The molecular formula is C13H10FN3O2S. The molecule has 1 aromatic heterocycles. The van der Waals surface area contributed by atoms with Crippen molar-refractivity contribution < 1.29 is 12.8 Å². The molecule has 0 aliphatic carbocycles. The second kappa shape index (κ2) is 5.27. The van der Waals surface area contributed by atoms with Gasteiger partial charge in [-0.1, -0.05) is 6.07 Å². The van der Waals surface area contributed by atoms with E-state index in [1.165, 1.54) is 24.4 Å². The average molecular weight is 291 g/mol. The molecule has 0 saturated carbocycles. The lowest BCUT2D eigenvalue weighted by Crippen LogP contribution is -2.16. The number of benzene rings is 1. The second-order valence-corrected chi connectivity index (χ2v) is 5.70. The highest BCUT2D eigenvalue weighted by atomic mass is 32.2. The van der Waals surface area contributed by atoms with Crippen LogP contribution in [0.5, 0.6) is 0 Å². The third-order valence-corrected chi connectivity index (χ3v) is 3.93. The van der Waals surface area contributed by atoms with Crippen LogP contribution in [0, 0.1) is 24.1 Å². The molecule has 0 amide bonds. The van der Waals surface area contributed by atoms with Crippen LogP contribution in [0.4, 0.5) is 10.2 Å². The number of halogens is 1. The molecule has 0 fully saturated rings. The molecule has 0 saturated heterocycles. The topological polar surface area (TPSA) is 82.8 Å². The molecule has 0 aliphatic heterocycles. The van der Waals surface area contributed by atoms with Gasteiger partial charge in [-0.2, -0.15) is 5.26 Å². The molecule has 2 aromatic rings. The predicted molar refractivity (Wildman–Crippen MR) is 70.9 cm³/mol. The van der Waals surface area contributed by atoms with Gasteiger partial charge in [-0.05, 0) is 36.8 Å². The van der Waals surface area contributed by atoms with Gasteiger partial charge in [0.1, 0.15) is 28.2 Å². The number of nitrogens with one attached hydrogen (secondary N) is 1. The molecule has 0 bridgehead atoms. The van der Waals surface area contributed by atoms with Crippen LogP contribution in [0.2, 0.25) is 0 Å². The molecule has 0 atom stereocenters. The van der Waals surface area contributed by atoms with Gasteiger partial charge in [0.2, 0.25) is 0 Å². The lowest BCUT2D eigenvalue weighted by Gasteiger charge is -2.09. The number of hydrogen-bond acceptors (Lipinski definition) is 4. The monoisotopic (exact) mass is 291 g/mol. The first-order valence-electron chi connectivity index (χ1n) is 5.58. The Bertz CT molecular complexity index is 798. The first kappa shape index (κ1) is 14.0. The Balaban J connectivity index is 2.47. The smallest absolute Gasteiger partial charge is 0.263 e. The maximum Gasteiger partial charge on any atom is 0.264 e. The Kier molecular flexibility index (Phi) is 3.68. The Hall–Kier alpha value is -2.46. The number of hydrogen-bond donors (Lipinski definition) is 1. The van der Waals surface area contributed by atoms with Crippen molar-refractivity contribution in [3.05, 3.63) is 53.5 Å². The van der Waals surface area contributed by atoms with Crippen molar-refractivity contribution in [2.75, 3.05) is 4.72 Å². The zero-order valence-corrected chi connectivity index (χ0v) is 11.3. The van der Waals surface area contributed by atoms with E-state index in [9.17, 15) is 12.8 Å². The number of nitrogens with zero attached hydrogens (tertiary/aromatic N) is 2. The van der Waals surface area contributed by atoms with Crippen molar-refractivity contribution in [3.63, 3.8) is 0 Å². The van der Waals surface area contributed by atoms with Crippen LogP contribution in [0.15, 0.2) is 41.4 Å². The summed E-state index contributed by atoms with van der Waals surface area (Å²) in [6.45, 7) is 1.78. The van der Waals surface area contributed by atoms with Gasteiger partial charge >= 0.3 is 0 Å². The Morgan fingerprint density at radius 3 is 2.75 bits per heavy atom. The zero-order valence-electron chi connectivity index (χ0n) is 10.5. The number of aromatic nitrogens is 1. The summed E-state index contributed by atoms with van der Waals surface area (Å²) in [7, 11) is -4.07. The molecule has 5 nitrogen and oxygen atoms in total. The average Bonchev–Trinajstić information content (AvgIpc) is 2.38. The number of sulfonamides is 1. The molecule has 1 aromatic carbocycles. The van der Waals surface area contributed by atoms with Crippen molar-refractivity contribution in [2.24, 2.45) is 0 Å². The van der Waals surface area contributed by atoms with Gasteiger partial charge in [0, 0.05) is 6.20 Å². The lowest BCUT2D eigenvalue weighted by molar-refractivity contribution is 0.593. The predicted octanol–water partition coefficient (Wildman–Crippen LogP) is 2.20. The Labute approximate surface area is 115 Å². The molecule has 0 aliphatic rings. The standard InChI is InChI=1S/C13H10FN3O2S/c1-9-5-6-16-13(7-9)17-20(18,19)12-4-2-3-11(14)10(12)8-15/h2-7H,1H3,(H,16,17). The van der Waals surface area contributed by atoms with Crippen LogP contribution < -0.4 is 4.72 Å². The van der Waals surface area contributed by atoms with Crippen LogP contribution in [0.3, 0.4) is 0 Å². The molecule has 2 rings (SSSR count). The summed E-state index contributed by atoms with van der Waals surface area (Å²) >= 11 is 0. The molecule has 1 heterocycles. The van der Waals surface area contributed by atoms with Crippen LogP contribution in [-0.2, 0) is 10.0 Å². The van der Waals surface area contributed by atoms with Gasteiger partial charge in [0.15, 0.2) is 0 Å². The summed E-state index contributed by atoms with van der Waals surface area (Å²) in [6, 6.07) is 8.22. The summed E-state index contributed by atoms with van der Waals surface area (Å²) in [5.74, 6) is -0.772. The van der Waals surface area contributed by atoms with Gasteiger partial charge < -0.3 is 0 Å². The van der Waals surface area contributed by atoms with Crippen molar-refractivity contribution in [1.82, 2.24) is 4.98 Å².